The van der Waals surface area contributed by atoms with Gasteiger partial charge in [-0.3, -0.25) is 28.5 Å². The quantitative estimate of drug-likeness (QED) is 0.120. The van der Waals surface area contributed by atoms with E-state index in [2.05, 4.69) is 33.9 Å². The second-order valence-corrected chi connectivity index (χ2v) is 15.0. The molecule has 3 atom stereocenters. The number of nitrogens with two attached hydrogens (primary N) is 1. The molecule has 1 aliphatic rings. The monoisotopic (exact) mass is 686 g/mol. The number of hydrogen-bond acceptors (Lipinski definition) is 11. The van der Waals surface area contributed by atoms with Crippen molar-refractivity contribution in [3.63, 3.8) is 0 Å². The fraction of sp³-hybridized carbons (Fsp3) is 0.545. The Morgan fingerprint density at radius 1 is 1.15 bits per heavy atom. The number of anilines is 1. The molecule has 4 N–H and O–H groups in total. The first-order valence-electron chi connectivity index (χ1n) is 16.2. The summed E-state index contributed by atoms with van der Waals surface area (Å²) in [6, 6.07) is 7.43. The number of nitrogens with zero attached hydrogens (tertiary/aromatic N) is 3. The first kappa shape index (κ1) is 36.8. The highest BCUT2D eigenvalue weighted by Gasteiger charge is 2.53. The number of aromatic nitrogens is 4. The average Bonchev–Trinajstić information content (AvgIpc) is 3.56. The highest BCUT2D eigenvalue weighted by Crippen LogP contribution is 2.56. The zero-order chi connectivity index (χ0) is 35.1. The van der Waals surface area contributed by atoms with E-state index in [1.165, 1.54) is 13.3 Å². The molecule has 0 bridgehead atoms. The van der Waals surface area contributed by atoms with Crippen molar-refractivity contribution in [1.82, 2.24) is 24.6 Å². The molecule has 262 valence electrons. The number of esters is 2. The third-order valence-corrected chi connectivity index (χ3v) is 9.59. The molecule has 15 heteroatoms. The van der Waals surface area contributed by atoms with Gasteiger partial charge in [0.25, 0.3) is 5.56 Å². The van der Waals surface area contributed by atoms with Gasteiger partial charge in [-0.15, -0.1) is 0 Å². The second-order valence-electron chi connectivity index (χ2n) is 13.3. The van der Waals surface area contributed by atoms with E-state index in [4.69, 9.17) is 24.3 Å². The molecule has 2 heterocycles. The van der Waals surface area contributed by atoms with Gasteiger partial charge in [0.05, 0.1) is 24.0 Å². The lowest BCUT2D eigenvalue weighted by Crippen LogP contribution is -2.36. The van der Waals surface area contributed by atoms with Gasteiger partial charge in [-0.05, 0) is 70.6 Å². The Balaban J connectivity index is 1.58. The predicted octanol–water partition coefficient (Wildman–Crippen LogP) is 5.46. The van der Waals surface area contributed by atoms with Gasteiger partial charge < -0.3 is 19.7 Å². The molecule has 1 aromatic carbocycles. The Hall–Kier alpha value is -4.00. The number of fused-ring (bicyclic) bond motifs is 1. The van der Waals surface area contributed by atoms with Gasteiger partial charge >= 0.3 is 19.7 Å². The summed E-state index contributed by atoms with van der Waals surface area (Å²) in [5.41, 5.74) is 4.70. The molecular formula is C33H47N6O8P. The Kier molecular flexibility index (Phi) is 11.9. The van der Waals surface area contributed by atoms with Crippen LogP contribution < -0.4 is 20.9 Å². The van der Waals surface area contributed by atoms with E-state index in [0.29, 0.717) is 6.42 Å². The lowest BCUT2D eigenvalue weighted by molar-refractivity contribution is -0.155. The fourth-order valence-electron chi connectivity index (χ4n) is 5.12. The van der Waals surface area contributed by atoms with Gasteiger partial charge in [-0.1, -0.05) is 44.9 Å². The van der Waals surface area contributed by atoms with Crippen molar-refractivity contribution in [3.8, 4) is 5.75 Å². The molecule has 1 saturated carbocycles. The zero-order valence-electron chi connectivity index (χ0n) is 28.5. The van der Waals surface area contributed by atoms with Crippen molar-refractivity contribution in [1.29, 1.82) is 0 Å². The topological polar surface area (TPSA) is 190 Å². The Bertz CT molecular complexity index is 1710. The number of para-hydroxylation sites is 1. The van der Waals surface area contributed by atoms with Crippen molar-refractivity contribution in [2.75, 3.05) is 25.6 Å². The van der Waals surface area contributed by atoms with Crippen molar-refractivity contribution >= 4 is 43.0 Å². The number of hydrogen-bond donors (Lipinski definition) is 3. The van der Waals surface area contributed by atoms with Crippen molar-refractivity contribution in [3.05, 3.63) is 52.6 Å². The molecule has 1 aliphatic carbocycles. The van der Waals surface area contributed by atoms with Crippen LogP contribution in [0.3, 0.4) is 0 Å². The number of rotatable bonds is 17. The minimum absolute atomic E-state index is 0.0684. The summed E-state index contributed by atoms with van der Waals surface area (Å²) in [4.78, 5) is 48.9. The lowest BCUT2D eigenvalue weighted by Gasteiger charge is -2.26. The van der Waals surface area contributed by atoms with E-state index in [-0.39, 0.29) is 48.6 Å². The van der Waals surface area contributed by atoms with Crippen LogP contribution in [0, 0.1) is 16.7 Å². The van der Waals surface area contributed by atoms with E-state index in [1.807, 2.05) is 0 Å². The Morgan fingerprint density at radius 3 is 2.48 bits per heavy atom. The van der Waals surface area contributed by atoms with Crippen LogP contribution >= 0.6 is 7.75 Å². The lowest BCUT2D eigenvalue weighted by atomic mass is 9.97. The summed E-state index contributed by atoms with van der Waals surface area (Å²) in [7, 11) is -4.22. The van der Waals surface area contributed by atoms with Crippen molar-refractivity contribution < 1.29 is 32.7 Å². The smallest absolute Gasteiger partial charge is 0.459 e. The molecule has 14 nitrogen and oxygen atoms in total. The molecule has 48 heavy (non-hydrogen) atoms. The van der Waals surface area contributed by atoms with E-state index in [9.17, 15) is 18.9 Å². The minimum Gasteiger partial charge on any atom is -0.464 e. The standard InChI is InChI=1S/C33H47N6O8P/c1-7-12-23(13-8-2)18-44-29(41)22(3)38-48(43,47-25-14-10-9-11-15-25)46-20-33(19-45-30(42)32(4,5)6)16-24(33)17-39-21-35-26-27(39)36-31(34)37-28(26)40/h9-11,14-15,17,21-23H,7-8,12-13,16,18-20H2,1-6H3,(H,38,43)(H3,34,36,37,40)/b24-17-/t22?,33?,48-/m0/s1. The number of carbonyl (C=O) groups is 2. The van der Waals surface area contributed by atoms with E-state index < -0.39 is 42.1 Å². The van der Waals surface area contributed by atoms with Crippen LogP contribution in [0.25, 0.3) is 17.4 Å². The third kappa shape index (κ3) is 9.55. The molecule has 2 aromatic heterocycles. The summed E-state index contributed by atoms with van der Waals surface area (Å²) in [5, 5.41) is 2.75. The van der Waals surface area contributed by atoms with Crippen LogP contribution in [-0.4, -0.2) is 57.3 Å². The van der Waals surface area contributed by atoms with Gasteiger partial charge in [0.15, 0.2) is 11.2 Å². The van der Waals surface area contributed by atoms with Gasteiger partial charge in [0.2, 0.25) is 5.95 Å². The molecule has 0 saturated heterocycles. The summed E-state index contributed by atoms with van der Waals surface area (Å²) >= 11 is 0. The van der Waals surface area contributed by atoms with Crippen molar-refractivity contribution in [2.24, 2.45) is 16.7 Å². The predicted molar refractivity (Wildman–Crippen MR) is 182 cm³/mol. The molecule has 0 spiro atoms. The largest absolute Gasteiger partial charge is 0.464 e. The van der Waals surface area contributed by atoms with Gasteiger partial charge in [0, 0.05) is 6.20 Å². The molecule has 0 radical (unpaired) electrons. The van der Waals surface area contributed by atoms with Crippen LogP contribution in [0.1, 0.15) is 73.6 Å². The number of imidazole rings is 1. The van der Waals surface area contributed by atoms with Crippen LogP contribution in [0.5, 0.6) is 5.75 Å². The number of ether oxygens (including phenoxy) is 2. The number of aromatic amines is 1. The third-order valence-electron chi connectivity index (χ3n) is 7.96. The van der Waals surface area contributed by atoms with Gasteiger partial charge in [0.1, 0.15) is 24.7 Å². The Morgan fingerprint density at radius 2 is 1.83 bits per heavy atom. The summed E-state index contributed by atoms with van der Waals surface area (Å²) in [6.45, 7) is 10.9. The van der Waals surface area contributed by atoms with Crippen molar-refractivity contribution in [2.45, 2.75) is 79.7 Å². The molecule has 0 aliphatic heterocycles. The van der Waals surface area contributed by atoms with Gasteiger partial charge in [-0.2, -0.15) is 10.1 Å². The first-order chi connectivity index (χ1) is 22.7. The Labute approximate surface area is 280 Å². The minimum atomic E-state index is -4.22. The van der Waals surface area contributed by atoms with Crippen LogP contribution in [0.2, 0.25) is 0 Å². The summed E-state index contributed by atoms with van der Waals surface area (Å²) < 4.78 is 39.1. The maximum absolute atomic E-state index is 14.3. The summed E-state index contributed by atoms with van der Waals surface area (Å²) in [6.07, 6.45) is 7.35. The number of benzene rings is 1. The maximum atomic E-state index is 14.3. The van der Waals surface area contributed by atoms with Crippen LogP contribution in [0.15, 0.2) is 47.0 Å². The van der Waals surface area contributed by atoms with Crippen LogP contribution in [-0.2, 0) is 28.2 Å². The number of H-pyrrole nitrogens is 1. The average molecular weight is 687 g/mol. The zero-order valence-corrected chi connectivity index (χ0v) is 29.4. The second kappa shape index (κ2) is 15.5. The highest BCUT2D eigenvalue weighted by molar-refractivity contribution is 7.52. The number of nitrogens with one attached hydrogen (secondary N) is 2. The molecule has 0 amide bonds. The molecule has 1 fully saturated rings. The van der Waals surface area contributed by atoms with Gasteiger partial charge in [-0.25, -0.2) is 9.55 Å². The summed E-state index contributed by atoms with van der Waals surface area (Å²) in [5.74, 6) is -0.570. The number of carbonyl (C=O) groups excluding carboxylic acids is 2. The van der Waals surface area contributed by atoms with Crippen LogP contribution in [0.4, 0.5) is 5.95 Å². The number of nitrogen functional groups attached to an aromatic ring is 1. The SMILES string of the molecule is CCCC(CCC)COC(=O)C(C)N[P@](=O)(OCC1(COC(=O)C(C)(C)C)C/C1=C/n1cnc2c(=O)[nH]c(N)nc21)Oc1ccccc1. The molecule has 3 aromatic rings. The first-order valence-corrected chi connectivity index (χ1v) is 17.8. The maximum Gasteiger partial charge on any atom is 0.459 e. The normalized spacial score (nSPS) is 18.9. The van der Waals surface area contributed by atoms with E-state index in [0.717, 1.165) is 31.3 Å². The molecule has 2 unspecified atom stereocenters. The highest BCUT2D eigenvalue weighted by atomic mass is 31.2. The molecular weight excluding hydrogens is 639 g/mol. The molecule has 4 rings (SSSR count). The van der Waals surface area contributed by atoms with E-state index >= 15 is 0 Å². The fourth-order valence-corrected chi connectivity index (χ4v) is 6.69. The van der Waals surface area contributed by atoms with E-state index in [1.54, 1.807) is 61.9 Å².